The van der Waals surface area contributed by atoms with Crippen molar-refractivity contribution in [2.75, 3.05) is 27.2 Å². The highest BCUT2D eigenvalue weighted by Gasteiger charge is 2.26. The molecule has 0 spiro atoms. The second-order valence-electron chi connectivity index (χ2n) is 7.63. The fourth-order valence-electron chi connectivity index (χ4n) is 3.56. The molecular weight excluding hydrogens is 600 g/mol. The Bertz CT molecular complexity index is 1270. The van der Waals surface area contributed by atoms with Crippen molar-refractivity contribution in [2.24, 2.45) is 0 Å². The molecule has 3 aromatic carbocycles. The van der Waals surface area contributed by atoms with Crippen LogP contribution in [-0.2, 0) is 0 Å². The number of rotatable bonds is 6. The van der Waals surface area contributed by atoms with Gasteiger partial charge in [0.1, 0.15) is 6.61 Å². The second kappa shape index (κ2) is 9.91. The molecule has 32 heavy (non-hydrogen) atoms. The number of likely N-dealkylation sites (N-methyl/N-ethyl adjacent to an activating group) is 1. The predicted molar refractivity (Wildman–Crippen MR) is 141 cm³/mol. The van der Waals surface area contributed by atoms with Crippen molar-refractivity contribution < 1.29 is 9.53 Å². The van der Waals surface area contributed by atoms with Crippen molar-refractivity contribution in [3.8, 4) is 17.0 Å². The van der Waals surface area contributed by atoms with Crippen LogP contribution in [-0.4, -0.2) is 42.6 Å². The van der Waals surface area contributed by atoms with Gasteiger partial charge in [0.05, 0.1) is 11.2 Å². The Morgan fingerprint density at radius 3 is 2.28 bits per heavy atom. The van der Waals surface area contributed by atoms with Crippen molar-refractivity contribution in [1.29, 1.82) is 0 Å². The summed E-state index contributed by atoms with van der Waals surface area (Å²) in [7, 11) is 4.02. The summed E-state index contributed by atoms with van der Waals surface area (Å²) in [6, 6.07) is 21.3. The van der Waals surface area contributed by atoms with Crippen LogP contribution in [0, 0.1) is 0 Å². The summed E-state index contributed by atoms with van der Waals surface area (Å²) in [6.07, 6.45) is 0. The van der Waals surface area contributed by atoms with E-state index in [-0.39, 0.29) is 5.91 Å². The maximum Gasteiger partial charge on any atom is 0.263 e. The minimum Gasteiger partial charge on any atom is -0.489 e. The number of nitrogens with zero attached hydrogens (tertiary/aromatic N) is 2. The van der Waals surface area contributed by atoms with Crippen LogP contribution in [0.3, 0.4) is 0 Å². The SMILES string of the molecule is CN(C)CCOc1c(-c2ccccc2)n(C(=O)c2ccc(Br)cc2)c2c(Br)cc(Br)cc12. The van der Waals surface area contributed by atoms with Crippen molar-refractivity contribution in [2.45, 2.75) is 0 Å². The van der Waals surface area contributed by atoms with E-state index in [1.165, 1.54) is 0 Å². The first-order valence-corrected chi connectivity index (χ1v) is 12.4. The first-order valence-electron chi connectivity index (χ1n) is 10.0. The van der Waals surface area contributed by atoms with Gasteiger partial charge in [0.15, 0.2) is 5.75 Å². The van der Waals surface area contributed by atoms with E-state index in [1.54, 1.807) is 4.57 Å². The molecule has 0 saturated carbocycles. The van der Waals surface area contributed by atoms with E-state index >= 15 is 0 Å². The molecule has 4 aromatic rings. The van der Waals surface area contributed by atoms with Crippen molar-refractivity contribution in [3.05, 3.63) is 85.7 Å². The van der Waals surface area contributed by atoms with Crippen LogP contribution >= 0.6 is 47.8 Å². The first-order chi connectivity index (χ1) is 15.4. The van der Waals surface area contributed by atoms with Crippen LogP contribution < -0.4 is 4.74 Å². The van der Waals surface area contributed by atoms with Crippen molar-refractivity contribution in [3.63, 3.8) is 0 Å². The Hall–Kier alpha value is -1.93. The van der Waals surface area contributed by atoms with Gasteiger partial charge >= 0.3 is 0 Å². The maximum atomic E-state index is 13.8. The summed E-state index contributed by atoms with van der Waals surface area (Å²) < 4.78 is 10.7. The summed E-state index contributed by atoms with van der Waals surface area (Å²) in [6.45, 7) is 1.26. The third-order valence-electron chi connectivity index (χ3n) is 5.06. The zero-order valence-corrected chi connectivity index (χ0v) is 22.4. The summed E-state index contributed by atoms with van der Waals surface area (Å²) >= 11 is 10.7. The number of fused-ring (bicyclic) bond motifs is 1. The molecular formula is C25H21Br3N2O2. The van der Waals surface area contributed by atoms with Gasteiger partial charge in [-0.05, 0) is 66.4 Å². The van der Waals surface area contributed by atoms with Gasteiger partial charge in [-0.1, -0.05) is 62.2 Å². The van der Waals surface area contributed by atoms with Gasteiger partial charge < -0.3 is 9.64 Å². The molecule has 7 heteroatoms. The number of carbonyl (C=O) groups excluding carboxylic acids is 1. The number of carbonyl (C=O) groups is 1. The molecule has 4 nitrogen and oxygen atoms in total. The smallest absolute Gasteiger partial charge is 0.263 e. The number of hydrogen-bond donors (Lipinski definition) is 0. The molecule has 164 valence electrons. The van der Waals surface area contributed by atoms with E-state index < -0.39 is 0 Å². The average Bonchev–Trinajstić information content (AvgIpc) is 3.08. The number of benzene rings is 3. The predicted octanol–water partition coefficient (Wildman–Crippen LogP) is 7.22. The number of hydrogen-bond acceptors (Lipinski definition) is 3. The summed E-state index contributed by atoms with van der Waals surface area (Å²) in [5, 5.41) is 0.870. The highest BCUT2D eigenvalue weighted by atomic mass is 79.9. The van der Waals surface area contributed by atoms with Gasteiger partial charge in [-0.2, -0.15) is 0 Å². The Balaban J connectivity index is 2.02. The van der Waals surface area contributed by atoms with Crippen LogP contribution in [0.25, 0.3) is 22.2 Å². The van der Waals surface area contributed by atoms with E-state index in [4.69, 9.17) is 4.74 Å². The Morgan fingerprint density at radius 1 is 0.938 bits per heavy atom. The number of aromatic nitrogens is 1. The quantitative estimate of drug-likeness (QED) is 0.228. The lowest BCUT2D eigenvalue weighted by Gasteiger charge is -2.14. The molecule has 0 amide bonds. The molecule has 1 heterocycles. The Kier molecular flexibility index (Phi) is 7.20. The maximum absolute atomic E-state index is 13.8. The zero-order chi connectivity index (χ0) is 22.8. The molecule has 0 aliphatic rings. The summed E-state index contributed by atoms with van der Waals surface area (Å²) in [5.41, 5.74) is 3.03. The minimum absolute atomic E-state index is 0.119. The van der Waals surface area contributed by atoms with Gasteiger partial charge in [-0.15, -0.1) is 0 Å². The third-order valence-corrected chi connectivity index (χ3v) is 6.65. The van der Waals surface area contributed by atoms with Crippen molar-refractivity contribution >= 4 is 64.6 Å². The monoisotopic (exact) mass is 618 g/mol. The van der Waals surface area contributed by atoms with E-state index in [0.29, 0.717) is 17.9 Å². The lowest BCUT2D eigenvalue weighted by Crippen LogP contribution is -2.19. The third kappa shape index (κ3) is 4.71. The van der Waals surface area contributed by atoms with Gasteiger partial charge in [0, 0.05) is 36.5 Å². The highest BCUT2D eigenvalue weighted by molar-refractivity contribution is 9.11. The lowest BCUT2D eigenvalue weighted by atomic mass is 10.1. The van der Waals surface area contributed by atoms with Gasteiger partial charge in [0.2, 0.25) is 0 Å². The number of ether oxygens (including phenoxy) is 1. The molecule has 0 N–H and O–H groups in total. The first kappa shape index (κ1) is 23.2. The number of halogens is 3. The minimum atomic E-state index is -0.119. The molecule has 4 rings (SSSR count). The molecule has 0 fully saturated rings. The average molecular weight is 621 g/mol. The van der Waals surface area contributed by atoms with Crippen molar-refractivity contribution in [1.82, 2.24) is 9.47 Å². The fourth-order valence-corrected chi connectivity index (χ4v) is 5.23. The Morgan fingerprint density at radius 2 is 1.62 bits per heavy atom. The molecule has 0 radical (unpaired) electrons. The van der Waals surface area contributed by atoms with Crippen LogP contribution in [0.15, 0.2) is 80.1 Å². The van der Waals surface area contributed by atoms with E-state index in [1.807, 2.05) is 80.8 Å². The fraction of sp³-hybridized carbons (Fsp3) is 0.160. The van der Waals surface area contributed by atoms with E-state index in [2.05, 4.69) is 52.7 Å². The zero-order valence-electron chi connectivity index (χ0n) is 17.6. The second-order valence-corrected chi connectivity index (χ2v) is 10.3. The van der Waals surface area contributed by atoms with Crippen LogP contribution in [0.1, 0.15) is 10.4 Å². The lowest BCUT2D eigenvalue weighted by molar-refractivity contribution is 0.0966. The van der Waals surface area contributed by atoms with Crippen LogP contribution in [0.5, 0.6) is 5.75 Å². The molecule has 1 aromatic heterocycles. The Labute approximate surface area is 212 Å². The molecule has 0 aliphatic carbocycles. The summed E-state index contributed by atoms with van der Waals surface area (Å²) in [4.78, 5) is 15.9. The highest BCUT2D eigenvalue weighted by Crippen LogP contribution is 2.44. The van der Waals surface area contributed by atoms with Crippen LogP contribution in [0.4, 0.5) is 0 Å². The molecule has 0 bridgehead atoms. The molecule has 0 atom stereocenters. The normalized spacial score (nSPS) is 11.3. The molecule has 0 aliphatic heterocycles. The van der Waals surface area contributed by atoms with Gasteiger partial charge in [0.25, 0.3) is 5.91 Å². The molecule has 0 saturated heterocycles. The summed E-state index contributed by atoms with van der Waals surface area (Å²) in [5.74, 6) is 0.576. The van der Waals surface area contributed by atoms with Gasteiger partial charge in [-0.25, -0.2) is 0 Å². The standard InChI is InChI=1S/C25H21Br3N2O2/c1-29(2)12-13-32-24-20-14-19(27)15-21(28)23(20)30(22(24)16-6-4-3-5-7-16)25(31)17-8-10-18(26)11-9-17/h3-11,14-15H,12-13H2,1-2H3. The molecule has 0 unspecified atom stereocenters. The van der Waals surface area contributed by atoms with E-state index in [0.717, 1.165) is 42.1 Å². The van der Waals surface area contributed by atoms with E-state index in [9.17, 15) is 4.79 Å². The topological polar surface area (TPSA) is 34.5 Å². The van der Waals surface area contributed by atoms with Crippen LogP contribution in [0.2, 0.25) is 0 Å². The van der Waals surface area contributed by atoms with Gasteiger partial charge in [-0.3, -0.25) is 9.36 Å². The largest absolute Gasteiger partial charge is 0.489 e.